The van der Waals surface area contributed by atoms with Crippen molar-refractivity contribution in [3.63, 3.8) is 0 Å². The molecule has 2 aromatic rings. The molecule has 1 aromatic carbocycles. The molecule has 8 heteroatoms. The van der Waals surface area contributed by atoms with Gasteiger partial charge >= 0.3 is 6.18 Å². The highest BCUT2D eigenvalue weighted by molar-refractivity contribution is 5.94. The molecule has 0 aliphatic heterocycles. The lowest BCUT2D eigenvalue weighted by molar-refractivity contribution is -0.140. The number of aryl methyl sites for hydroxylation is 1. The molecule has 0 spiro atoms. The van der Waals surface area contributed by atoms with E-state index in [-0.39, 0.29) is 6.54 Å². The highest BCUT2D eigenvalue weighted by Gasteiger charge is 2.35. The van der Waals surface area contributed by atoms with Crippen molar-refractivity contribution in [1.82, 2.24) is 10.5 Å². The van der Waals surface area contributed by atoms with E-state index in [0.29, 0.717) is 17.5 Å². The highest BCUT2D eigenvalue weighted by atomic mass is 19.4. The first-order valence-corrected chi connectivity index (χ1v) is 5.85. The lowest BCUT2D eigenvalue weighted by Crippen LogP contribution is -2.24. The Balaban J connectivity index is 2.16. The molecule has 0 radical (unpaired) electrons. The molecule has 21 heavy (non-hydrogen) atoms. The topological polar surface area (TPSA) is 55.1 Å². The number of carbonyl (C=O) groups is 1. The van der Waals surface area contributed by atoms with Crippen LogP contribution < -0.4 is 5.32 Å². The van der Waals surface area contributed by atoms with Crippen molar-refractivity contribution in [3.05, 3.63) is 52.7 Å². The first kappa shape index (κ1) is 15.0. The number of nitrogens with zero attached hydrogens (tertiary/aromatic N) is 1. The van der Waals surface area contributed by atoms with Crippen LogP contribution in [0.15, 0.2) is 28.8 Å². The van der Waals surface area contributed by atoms with Gasteiger partial charge in [0, 0.05) is 6.07 Å². The Bertz CT molecular complexity index is 664. The summed E-state index contributed by atoms with van der Waals surface area (Å²) < 4.78 is 56.2. The maximum atomic E-state index is 13.7. The zero-order valence-electron chi connectivity index (χ0n) is 10.8. The molecule has 0 unspecified atom stereocenters. The predicted octanol–water partition coefficient (Wildman–Crippen LogP) is 3.07. The summed E-state index contributed by atoms with van der Waals surface area (Å²) in [5, 5.41) is 5.85. The fourth-order valence-electron chi connectivity index (χ4n) is 1.69. The summed E-state index contributed by atoms with van der Waals surface area (Å²) in [6.45, 7) is 1.57. The molecule has 2 rings (SSSR count). The smallest absolute Gasteiger partial charge is 0.359 e. The Morgan fingerprint density at radius 2 is 2.10 bits per heavy atom. The Morgan fingerprint density at radius 1 is 1.38 bits per heavy atom. The van der Waals surface area contributed by atoms with Crippen LogP contribution in [0.2, 0.25) is 0 Å². The second-order valence-corrected chi connectivity index (χ2v) is 4.28. The lowest BCUT2D eigenvalue weighted by atomic mass is 10.1. The third-order valence-electron chi connectivity index (χ3n) is 2.65. The Kier molecular flexibility index (Phi) is 3.97. The predicted molar refractivity (Wildman–Crippen MR) is 63.8 cm³/mol. The van der Waals surface area contributed by atoms with Crippen LogP contribution in [-0.2, 0) is 12.7 Å². The molecule has 112 valence electrons. The monoisotopic (exact) mass is 302 g/mol. The minimum atomic E-state index is -4.86. The van der Waals surface area contributed by atoms with Crippen LogP contribution in [0.1, 0.15) is 27.4 Å². The number of nitrogens with one attached hydrogen (secondary N) is 1. The summed E-state index contributed by atoms with van der Waals surface area (Å²) in [7, 11) is 0. The van der Waals surface area contributed by atoms with Gasteiger partial charge in [-0.1, -0.05) is 11.2 Å². The number of hydrogen-bond acceptors (Lipinski definition) is 3. The maximum absolute atomic E-state index is 13.7. The molecule has 0 aliphatic carbocycles. The third kappa shape index (κ3) is 3.39. The number of halogens is 4. The summed E-state index contributed by atoms with van der Waals surface area (Å²) >= 11 is 0. The molecule has 1 heterocycles. The Labute approximate surface area is 116 Å². The van der Waals surface area contributed by atoms with Crippen molar-refractivity contribution in [2.45, 2.75) is 19.6 Å². The van der Waals surface area contributed by atoms with Crippen molar-refractivity contribution in [2.75, 3.05) is 0 Å². The molecule has 1 N–H and O–H groups in total. The van der Waals surface area contributed by atoms with E-state index in [1.165, 1.54) is 0 Å². The third-order valence-corrected chi connectivity index (χ3v) is 2.65. The van der Waals surface area contributed by atoms with Crippen molar-refractivity contribution >= 4 is 5.91 Å². The molecule has 0 fully saturated rings. The van der Waals surface area contributed by atoms with Gasteiger partial charge in [0.15, 0.2) is 5.76 Å². The van der Waals surface area contributed by atoms with Crippen LogP contribution in [-0.4, -0.2) is 11.1 Å². The number of hydrogen-bond donors (Lipinski definition) is 1. The Morgan fingerprint density at radius 3 is 2.67 bits per heavy atom. The van der Waals surface area contributed by atoms with E-state index in [4.69, 9.17) is 4.52 Å². The maximum Gasteiger partial charge on any atom is 0.419 e. The zero-order valence-corrected chi connectivity index (χ0v) is 10.8. The fourth-order valence-corrected chi connectivity index (χ4v) is 1.69. The minimum absolute atomic E-state index is 0.102. The lowest BCUT2D eigenvalue weighted by Gasteiger charge is -2.10. The number of amides is 1. The number of rotatable bonds is 3. The van der Waals surface area contributed by atoms with Gasteiger partial charge in [0.2, 0.25) is 0 Å². The van der Waals surface area contributed by atoms with Crippen molar-refractivity contribution in [3.8, 4) is 0 Å². The van der Waals surface area contributed by atoms with E-state index in [9.17, 15) is 22.4 Å². The van der Waals surface area contributed by atoms with E-state index in [1.807, 2.05) is 0 Å². The van der Waals surface area contributed by atoms with Gasteiger partial charge in [-0.2, -0.15) is 13.2 Å². The Hall–Kier alpha value is -2.38. The van der Waals surface area contributed by atoms with E-state index >= 15 is 0 Å². The average molecular weight is 302 g/mol. The number of benzene rings is 1. The first-order valence-electron chi connectivity index (χ1n) is 5.85. The van der Waals surface area contributed by atoms with Gasteiger partial charge < -0.3 is 9.84 Å². The van der Waals surface area contributed by atoms with Gasteiger partial charge in [-0.25, -0.2) is 4.39 Å². The molecule has 4 nitrogen and oxygen atoms in total. The first-order chi connectivity index (χ1) is 9.79. The fraction of sp³-hybridized carbons (Fsp3) is 0.231. The van der Waals surface area contributed by atoms with Crippen molar-refractivity contribution in [2.24, 2.45) is 0 Å². The quantitative estimate of drug-likeness (QED) is 0.887. The SMILES string of the molecule is Cc1cc(CNC(=O)c2cccc(C(F)(F)F)c2F)on1. The summed E-state index contributed by atoms with van der Waals surface area (Å²) in [5.41, 5.74) is -1.57. The van der Waals surface area contributed by atoms with E-state index < -0.39 is 29.0 Å². The average Bonchev–Trinajstić information content (AvgIpc) is 2.80. The summed E-state index contributed by atoms with van der Waals surface area (Å²) in [4.78, 5) is 11.7. The second-order valence-electron chi connectivity index (χ2n) is 4.28. The van der Waals surface area contributed by atoms with Gasteiger partial charge in [-0.05, 0) is 19.1 Å². The van der Waals surface area contributed by atoms with Crippen molar-refractivity contribution < 1.29 is 26.9 Å². The van der Waals surface area contributed by atoms with E-state index in [2.05, 4.69) is 10.5 Å². The number of carbonyl (C=O) groups excluding carboxylic acids is 1. The van der Waals surface area contributed by atoms with Crippen LogP contribution in [0.25, 0.3) is 0 Å². The molecule has 1 aromatic heterocycles. The summed E-state index contributed by atoms with van der Waals surface area (Å²) in [5.74, 6) is -2.25. The minimum Gasteiger partial charge on any atom is -0.359 e. The van der Waals surface area contributed by atoms with Crippen molar-refractivity contribution in [1.29, 1.82) is 0 Å². The molecule has 0 aliphatic rings. The molecular formula is C13H10F4N2O2. The largest absolute Gasteiger partial charge is 0.419 e. The van der Waals surface area contributed by atoms with Crippen LogP contribution >= 0.6 is 0 Å². The van der Waals surface area contributed by atoms with Crippen LogP contribution in [0.3, 0.4) is 0 Å². The van der Waals surface area contributed by atoms with Gasteiger partial charge in [0.05, 0.1) is 23.4 Å². The van der Waals surface area contributed by atoms with Crippen LogP contribution in [0.4, 0.5) is 17.6 Å². The van der Waals surface area contributed by atoms with Crippen LogP contribution in [0.5, 0.6) is 0 Å². The highest BCUT2D eigenvalue weighted by Crippen LogP contribution is 2.32. The molecule has 1 amide bonds. The van der Waals surface area contributed by atoms with Gasteiger partial charge in [0.1, 0.15) is 5.82 Å². The van der Waals surface area contributed by atoms with E-state index in [0.717, 1.165) is 12.1 Å². The molecule has 0 bridgehead atoms. The van der Waals surface area contributed by atoms with Gasteiger partial charge in [-0.3, -0.25) is 4.79 Å². The molecule has 0 saturated heterocycles. The van der Waals surface area contributed by atoms with Crippen LogP contribution in [0, 0.1) is 12.7 Å². The van der Waals surface area contributed by atoms with Gasteiger partial charge in [0.25, 0.3) is 5.91 Å². The number of alkyl halides is 3. The van der Waals surface area contributed by atoms with E-state index in [1.54, 1.807) is 13.0 Å². The zero-order chi connectivity index (χ0) is 15.6. The summed E-state index contributed by atoms with van der Waals surface area (Å²) in [6, 6.07) is 4.07. The number of aromatic nitrogens is 1. The second kappa shape index (κ2) is 5.55. The molecule has 0 saturated carbocycles. The molecular weight excluding hydrogens is 292 g/mol. The molecule has 0 atom stereocenters. The van der Waals surface area contributed by atoms with Gasteiger partial charge in [-0.15, -0.1) is 0 Å². The summed E-state index contributed by atoms with van der Waals surface area (Å²) in [6.07, 6.45) is -4.86. The normalized spacial score (nSPS) is 11.5. The standard InChI is InChI=1S/C13H10F4N2O2/c1-7-5-8(21-19-7)6-18-12(20)9-3-2-4-10(11(9)14)13(15,16)17/h2-5H,6H2,1H3,(H,18,20).